The number of amides is 1. The van der Waals surface area contributed by atoms with Crippen LogP contribution < -0.4 is 4.74 Å². The van der Waals surface area contributed by atoms with E-state index in [1.807, 2.05) is 25.1 Å². The second-order valence-electron chi connectivity index (χ2n) is 5.48. The van der Waals surface area contributed by atoms with Gasteiger partial charge in [0.15, 0.2) is 0 Å². The summed E-state index contributed by atoms with van der Waals surface area (Å²) in [5.74, 6) is 1.58. The van der Waals surface area contributed by atoms with Crippen LogP contribution in [0.3, 0.4) is 0 Å². The normalized spacial score (nSPS) is 16.0. The molecule has 1 aromatic carbocycles. The van der Waals surface area contributed by atoms with E-state index >= 15 is 0 Å². The zero-order chi connectivity index (χ0) is 15.5. The molecule has 0 fully saturated rings. The van der Waals surface area contributed by atoms with Crippen molar-refractivity contribution in [1.82, 2.24) is 14.9 Å². The molecule has 1 aliphatic heterocycles. The number of aryl methyl sites for hydroxylation is 1. The van der Waals surface area contributed by atoms with Crippen molar-refractivity contribution in [3.8, 4) is 5.75 Å². The highest BCUT2D eigenvalue weighted by Gasteiger charge is 2.25. The standard InChI is InChI=1S/C17H19N3O2/c1-3-16-18-9-13(10-19-16)17(21)20(2)11-14-8-12-6-4-5-7-15(12)22-14/h4-7,9-10,14H,3,8,11H2,1-2H3/t14-/m0/s1. The predicted octanol–water partition coefficient (Wildman–Crippen LogP) is 2.11. The predicted molar refractivity (Wildman–Crippen MR) is 82.9 cm³/mol. The molecule has 114 valence electrons. The third kappa shape index (κ3) is 2.93. The third-order valence-corrected chi connectivity index (χ3v) is 3.81. The third-order valence-electron chi connectivity index (χ3n) is 3.81. The molecule has 1 atom stereocenters. The molecular weight excluding hydrogens is 278 g/mol. The first-order chi connectivity index (χ1) is 10.7. The highest BCUT2D eigenvalue weighted by Crippen LogP contribution is 2.28. The second-order valence-corrected chi connectivity index (χ2v) is 5.48. The quantitative estimate of drug-likeness (QED) is 0.867. The zero-order valence-corrected chi connectivity index (χ0v) is 12.8. The van der Waals surface area contributed by atoms with Crippen LogP contribution in [0.1, 0.15) is 28.7 Å². The molecule has 22 heavy (non-hydrogen) atoms. The largest absolute Gasteiger partial charge is 0.488 e. The Morgan fingerprint density at radius 2 is 2.05 bits per heavy atom. The Hall–Kier alpha value is -2.43. The van der Waals surface area contributed by atoms with Gasteiger partial charge in [-0.2, -0.15) is 0 Å². The topological polar surface area (TPSA) is 55.3 Å². The molecule has 1 amide bonds. The summed E-state index contributed by atoms with van der Waals surface area (Å²) in [5, 5.41) is 0. The molecule has 1 aliphatic rings. The summed E-state index contributed by atoms with van der Waals surface area (Å²) in [6.45, 7) is 2.53. The Kier molecular flexibility index (Phi) is 4.04. The number of rotatable bonds is 4. The number of hydrogen-bond acceptors (Lipinski definition) is 4. The van der Waals surface area contributed by atoms with E-state index in [1.165, 1.54) is 5.56 Å². The van der Waals surface area contributed by atoms with E-state index < -0.39 is 0 Å². The lowest BCUT2D eigenvalue weighted by molar-refractivity contribution is 0.0729. The molecule has 0 saturated heterocycles. The number of ether oxygens (including phenoxy) is 1. The van der Waals surface area contributed by atoms with Gasteiger partial charge in [-0.3, -0.25) is 4.79 Å². The number of benzene rings is 1. The van der Waals surface area contributed by atoms with E-state index in [0.29, 0.717) is 12.1 Å². The van der Waals surface area contributed by atoms with Crippen LogP contribution in [0.25, 0.3) is 0 Å². The molecule has 2 heterocycles. The molecule has 0 spiro atoms. The number of hydrogen-bond donors (Lipinski definition) is 0. The Morgan fingerprint density at radius 3 is 2.73 bits per heavy atom. The average molecular weight is 297 g/mol. The number of carbonyl (C=O) groups is 1. The van der Waals surface area contributed by atoms with Crippen molar-refractivity contribution in [2.45, 2.75) is 25.9 Å². The number of nitrogens with zero attached hydrogens (tertiary/aromatic N) is 3. The summed E-state index contributed by atoms with van der Waals surface area (Å²) >= 11 is 0. The highest BCUT2D eigenvalue weighted by molar-refractivity contribution is 5.93. The molecule has 0 aliphatic carbocycles. The molecule has 3 rings (SSSR count). The van der Waals surface area contributed by atoms with Gasteiger partial charge in [-0.1, -0.05) is 25.1 Å². The maximum atomic E-state index is 12.4. The van der Waals surface area contributed by atoms with Crippen LogP contribution in [0.5, 0.6) is 5.75 Å². The van der Waals surface area contributed by atoms with E-state index in [-0.39, 0.29) is 12.0 Å². The van der Waals surface area contributed by atoms with Gasteiger partial charge >= 0.3 is 0 Å². The van der Waals surface area contributed by atoms with Crippen molar-refractivity contribution in [1.29, 1.82) is 0 Å². The monoisotopic (exact) mass is 297 g/mol. The summed E-state index contributed by atoms with van der Waals surface area (Å²) in [6.07, 6.45) is 4.78. The van der Waals surface area contributed by atoms with Crippen LogP contribution in [0.2, 0.25) is 0 Å². The van der Waals surface area contributed by atoms with Crippen LogP contribution in [0.4, 0.5) is 0 Å². The van der Waals surface area contributed by atoms with Gasteiger partial charge in [0.05, 0.1) is 12.1 Å². The summed E-state index contributed by atoms with van der Waals surface area (Å²) in [4.78, 5) is 22.4. The summed E-state index contributed by atoms with van der Waals surface area (Å²) in [7, 11) is 1.78. The van der Waals surface area contributed by atoms with Gasteiger partial charge < -0.3 is 9.64 Å². The Labute approximate surface area is 130 Å². The summed E-state index contributed by atoms with van der Waals surface area (Å²) < 4.78 is 5.87. The fraction of sp³-hybridized carbons (Fsp3) is 0.353. The minimum atomic E-state index is -0.0813. The van der Waals surface area contributed by atoms with Crippen molar-refractivity contribution in [2.75, 3.05) is 13.6 Å². The summed E-state index contributed by atoms with van der Waals surface area (Å²) in [6, 6.07) is 8.00. The lowest BCUT2D eigenvalue weighted by Crippen LogP contribution is -2.36. The summed E-state index contributed by atoms with van der Waals surface area (Å²) in [5.41, 5.74) is 1.71. The van der Waals surface area contributed by atoms with Gasteiger partial charge in [-0.25, -0.2) is 9.97 Å². The lowest BCUT2D eigenvalue weighted by Gasteiger charge is -2.21. The molecule has 0 saturated carbocycles. The van der Waals surface area contributed by atoms with Crippen molar-refractivity contribution in [3.05, 3.63) is 53.6 Å². The Balaban J connectivity index is 1.62. The molecule has 5 heteroatoms. The number of carbonyl (C=O) groups excluding carboxylic acids is 1. The minimum absolute atomic E-state index is 0.00202. The molecule has 0 bridgehead atoms. The van der Waals surface area contributed by atoms with Crippen LogP contribution in [-0.2, 0) is 12.8 Å². The average Bonchev–Trinajstić information content (AvgIpc) is 2.96. The van der Waals surface area contributed by atoms with Crippen LogP contribution in [-0.4, -0.2) is 40.5 Å². The van der Waals surface area contributed by atoms with Crippen LogP contribution in [0, 0.1) is 0 Å². The Bertz CT molecular complexity index is 645. The number of fused-ring (bicyclic) bond motifs is 1. The first-order valence-electron chi connectivity index (χ1n) is 7.48. The van der Waals surface area contributed by atoms with Gasteiger partial charge in [0.25, 0.3) is 5.91 Å². The maximum absolute atomic E-state index is 12.4. The number of para-hydroxylation sites is 1. The number of aromatic nitrogens is 2. The molecule has 1 aromatic heterocycles. The van der Waals surface area contributed by atoms with E-state index in [4.69, 9.17) is 4.74 Å². The molecule has 0 radical (unpaired) electrons. The first-order valence-corrected chi connectivity index (χ1v) is 7.48. The van der Waals surface area contributed by atoms with Gasteiger partial charge in [-0.05, 0) is 11.6 Å². The lowest BCUT2D eigenvalue weighted by atomic mass is 10.1. The van der Waals surface area contributed by atoms with Gasteiger partial charge in [0.2, 0.25) is 0 Å². The van der Waals surface area contributed by atoms with Gasteiger partial charge in [0, 0.05) is 32.3 Å². The van der Waals surface area contributed by atoms with Crippen LogP contribution in [0.15, 0.2) is 36.7 Å². The highest BCUT2D eigenvalue weighted by atomic mass is 16.5. The van der Waals surface area contributed by atoms with Gasteiger partial charge in [-0.15, -0.1) is 0 Å². The van der Waals surface area contributed by atoms with E-state index in [9.17, 15) is 4.79 Å². The zero-order valence-electron chi connectivity index (χ0n) is 12.8. The maximum Gasteiger partial charge on any atom is 0.256 e. The minimum Gasteiger partial charge on any atom is -0.488 e. The van der Waals surface area contributed by atoms with Crippen molar-refractivity contribution in [3.63, 3.8) is 0 Å². The fourth-order valence-corrected chi connectivity index (χ4v) is 2.61. The van der Waals surface area contributed by atoms with E-state index in [0.717, 1.165) is 24.4 Å². The van der Waals surface area contributed by atoms with Crippen molar-refractivity contribution >= 4 is 5.91 Å². The van der Waals surface area contributed by atoms with Crippen LogP contribution >= 0.6 is 0 Å². The molecule has 0 N–H and O–H groups in total. The molecular formula is C17H19N3O2. The van der Waals surface area contributed by atoms with Crippen molar-refractivity contribution in [2.24, 2.45) is 0 Å². The van der Waals surface area contributed by atoms with E-state index in [2.05, 4.69) is 16.0 Å². The number of likely N-dealkylation sites (N-methyl/N-ethyl adjacent to an activating group) is 1. The molecule has 5 nitrogen and oxygen atoms in total. The fourth-order valence-electron chi connectivity index (χ4n) is 2.61. The Morgan fingerprint density at radius 1 is 1.32 bits per heavy atom. The SMILES string of the molecule is CCc1ncc(C(=O)N(C)C[C@@H]2Cc3ccccc3O2)cn1. The first kappa shape index (κ1) is 14.5. The molecule has 2 aromatic rings. The second kappa shape index (κ2) is 6.13. The van der Waals surface area contributed by atoms with E-state index in [1.54, 1.807) is 24.3 Å². The smallest absolute Gasteiger partial charge is 0.256 e. The van der Waals surface area contributed by atoms with Gasteiger partial charge in [0.1, 0.15) is 17.7 Å². The van der Waals surface area contributed by atoms with Crippen molar-refractivity contribution < 1.29 is 9.53 Å². The molecule has 0 unspecified atom stereocenters.